The second-order valence-corrected chi connectivity index (χ2v) is 12.4. The van der Waals surface area contributed by atoms with Gasteiger partial charge in [-0.1, -0.05) is 18.7 Å². The average molecular weight is 602 g/mol. The summed E-state index contributed by atoms with van der Waals surface area (Å²) in [5, 5.41) is 6.57. The molecule has 13 nitrogen and oxygen atoms in total. The lowest BCUT2D eigenvalue weighted by Crippen LogP contribution is -2.54. The summed E-state index contributed by atoms with van der Waals surface area (Å²) in [6.07, 6.45) is 0.571. The van der Waals surface area contributed by atoms with Crippen LogP contribution < -0.4 is 27.8 Å². The highest BCUT2D eigenvalue weighted by Crippen LogP contribution is 2.17. The molecule has 0 radical (unpaired) electrons. The van der Waals surface area contributed by atoms with Gasteiger partial charge in [-0.25, -0.2) is 0 Å². The SMILES string of the molecule is C=C(Nc1ccc(CC2CN(CC(N)=O)CCN(CC(N)=O)CCN(CC(C)=O)CCN2CC(N)=O)cc1)NC(C)(C)C. The molecule has 2 rings (SSSR count). The number of carbonyl (C=O) groups excluding carboxylic acids is 4. The molecular weight excluding hydrogens is 550 g/mol. The molecule has 1 aliphatic heterocycles. The zero-order valence-electron chi connectivity index (χ0n) is 26.2. The maximum atomic E-state index is 12.2. The normalized spacial score (nSPS) is 18.7. The van der Waals surface area contributed by atoms with Crippen molar-refractivity contribution in [1.82, 2.24) is 24.9 Å². The van der Waals surface area contributed by atoms with Crippen molar-refractivity contribution in [2.24, 2.45) is 17.2 Å². The first-order valence-electron chi connectivity index (χ1n) is 14.7. The molecule has 0 aromatic heterocycles. The van der Waals surface area contributed by atoms with E-state index in [0.717, 1.165) is 11.3 Å². The zero-order valence-corrected chi connectivity index (χ0v) is 26.2. The van der Waals surface area contributed by atoms with Crippen LogP contribution in [0.5, 0.6) is 0 Å². The third kappa shape index (κ3) is 15.0. The summed E-state index contributed by atoms with van der Waals surface area (Å²) in [5.41, 5.74) is 18.6. The quantitative estimate of drug-likeness (QED) is 0.191. The highest BCUT2D eigenvalue weighted by molar-refractivity contribution is 5.78. The van der Waals surface area contributed by atoms with Crippen LogP contribution in [0.3, 0.4) is 0 Å². The number of amides is 3. The van der Waals surface area contributed by atoms with E-state index in [-0.39, 0.29) is 43.5 Å². The van der Waals surface area contributed by atoms with E-state index < -0.39 is 17.7 Å². The standard InChI is InChI=1S/C30H51N9O4/c1-22(40)17-36-10-11-37(19-27(31)41)12-13-38(20-28(32)42)18-26(39(15-14-36)21-29(33)43)16-24-6-8-25(9-7-24)34-23(2)35-30(3,4)5/h6-9,26,34-35H,2,10-21H2,1,3-5H3,(H2,31,41)(H2,32,42)(H2,33,43). The highest BCUT2D eigenvalue weighted by Gasteiger charge is 2.26. The van der Waals surface area contributed by atoms with Gasteiger partial charge in [0.05, 0.1) is 32.0 Å². The topological polar surface area (TPSA) is 183 Å². The van der Waals surface area contributed by atoms with E-state index in [0.29, 0.717) is 58.1 Å². The number of primary amides is 3. The summed E-state index contributed by atoms with van der Waals surface area (Å²) in [5.74, 6) is -0.675. The maximum Gasteiger partial charge on any atom is 0.231 e. The second-order valence-electron chi connectivity index (χ2n) is 12.4. The van der Waals surface area contributed by atoms with Crippen molar-refractivity contribution >= 4 is 29.2 Å². The summed E-state index contributed by atoms with van der Waals surface area (Å²) in [7, 11) is 0. The van der Waals surface area contributed by atoms with E-state index in [2.05, 4.69) is 38.0 Å². The predicted octanol–water partition coefficient (Wildman–Crippen LogP) is -0.865. The predicted molar refractivity (Wildman–Crippen MR) is 169 cm³/mol. The molecule has 1 atom stereocenters. The Morgan fingerprint density at radius 2 is 1.28 bits per heavy atom. The van der Waals surface area contributed by atoms with E-state index in [4.69, 9.17) is 17.2 Å². The summed E-state index contributed by atoms with van der Waals surface area (Å²) >= 11 is 0. The van der Waals surface area contributed by atoms with Crippen LogP contribution in [0.15, 0.2) is 36.7 Å². The van der Waals surface area contributed by atoms with E-state index >= 15 is 0 Å². The Hall–Kier alpha value is -3.52. The average Bonchev–Trinajstić information content (AvgIpc) is 2.85. The smallest absolute Gasteiger partial charge is 0.231 e. The van der Waals surface area contributed by atoms with Crippen LogP contribution >= 0.6 is 0 Å². The molecule has 1 aliphatic rings. The van der Waals surface area contributed by atoms with Crippen LogP contribution in [-0.2, 0) is 25.6 Å². The Morgan fingerprint density at radius 1 is 0.791 bits per heavy atom. The summed E-state index contributed by atoms with van der Waals surface area (Å²) in [4.78, 5) is 56.0. The van der Waals surface area contributed by atoms with Crippen LogP contribution in [0.4, 0.5) is 5.69 Å². The van der Waals surface area contributed by atoms with Gasteiger partial charge >= 0.3 is 0 Å². The van der Waals surface area contributed by atoms with E-state index in [1.54, 1.807) is 0 Å². The van der Waals surface area contributed by atoms with Crippen molar-refractivity contribution in [3.05, 3.63) is 42.2 Å². The van der Waals surface area contributed by atoms with Crippen LogP contribution in [0.2, 0.25) is 0 Å². The van der Waals surface area contributed by atoms with Crippen LogP contribution in [0.25, 0.3) is 0 Å². The lowest BCUT2D eigenvalue weighted by molar-refractivity contribution is -0.122. The van der Waals surface area contributed by atoms with Crippen LogP contribution in [-0.4, -0.2) is 127 Å². The number of nitrogens with two attached hydrogens (primary N) is 3. The summed E-state index contributed by atoms with van der Waals surface area (Å²) in [6, 6.07) is 7.76. The molecule has 1 heterocycles. The Balaban J connectivity index is 2.36. The third-order valence-corrected chi connectivity index (χ3v) is 6.96. The number of benzene rings is 1. The molecule has 13 heteroatoms. The van der Waals surface area contributed by atoms with E-state index in [1.807, 2.05) is 43.9 Å². The number of ketones is 1. The minimum absolute atomic E-state index is 0.0214. The highest BCUT2D eigenvalue weighted by atomic mass is 16.2. The Morgan fingerprint density at radius 3 is 1.79 bits per heavy atom. The van der Waals surface area contributed by atoms with Gasteiger partial charge in [0, 0.05) is 63.1 Å². The Labute approximate surface area is 255 Å². The fourth-order valence-corrected chi connectivity index (χ4v) is 5.22. The maximum absolute atomic E-state index is 12.2. The Bertz CT molecular complexity index is 1100. The molecule has 0 spiro atoms. The molecule has 3 amide bonds. The van der Waals surface area contributed by atoms with E-state index in [1.165, 1.54) is 6.92 Å². The number of hydrogen-bond donors (Lipinski definition) is 5. The van der Waals surface area contributed by atoms with Crippen molar-refractivity contribution < 1.29 is 19.2 Å². The molecule has 1 unspecified atom stereocenters. The van der Waals surface area contributed by atoms with Gasteiger partial charge in [-0.3, -0.25) is 38.8 Å². The monoisotopic (exact) mass is 601 g/mol. The molecule has 43 heavy (non-hydrogen) atoms. The summed E-state index contributed by atoms with van der Waals surface area (Å²) in [6.45, 7) is 15.5. The van der Waals surface area contributed by atoms with Gasteiger partial charge in [0.25, 0.3) is 0 Å². The zero-order chi connectivity index (χ0) is 32.2. The third-order valence-electron chi connectivity index (χ3n) is 6.96. The van der Waals surface area contributed by atoms with Crippen molar-refractivity contribution in [3.8, 4) is 0 Å². The number of carbonyl (C=O) groups is 4. The number of Topliss-reactive ketones (excluding diaryl/α,β-unsaturated/α-hetero) is 1. The molecule has 8 N–H and O–H groups in total. The first-order valence-corrected chi connectivity index (χ1v) is 14.7. The number of anilines is 1. The van der Waals surface area contributed by atoms with E-state index in [9.17, 15) is 19.2 Å². The van der Waals surface area contributed by atoms with Crippen LogP contribution in [0, 0.1) is 0 Å². The first kappa shape index (κ1) is 35.7. The van der Waals surface area contributed by atoms with Gasteiger partial charge < -0.3 is 27.8 Å². The van der Waals surface area contributed by atoms with Gasteiger partial charge in [-0.2, -0.15) is 0 Å². The van der Waals surface area contributed by atoms with Gasteiger partial charge in [-0.05, 0) is 51.8 Å². The van der Waals surface area contributed by atoms with Crippen molar-refractivity contribution in [2.75, 3.05) is 77.3 Å². The number of rotatable bonds is 13. The minimum atomic E-state index is -0.471. The van der Waals surface area contributed by atoms with Crippen molar-refractivity contribution in [2.45, 2.75) is 45.7 Å². The van der Waals surface area contributed by atoms with Gasteiger partial charge in [0.1, 0.15) is 5.78 Å². The molecule has 1 fully saturated rings. The molecule has 1 aromatic rings. The van der Waals surface area contributed by atoms with Gasteiger partial charge in [-0.15, -0.1) is 0 Å². The van der Waals surface area contributed by atoms with Gasteiger partial charge in [0.15, 0.2) is 0 Å². The molecular formula is C30H51N9O4. The first-order chi connectivity index (χ1) is 20.1. The fourth-order valence-electron chi connectivity index (χ4n) is 5.22. The molecule has 1 aromatic carbocycles. The molecule has 0 aliphatic carbocycles. The van der Waals surface area contributed by atoms with Crippen LogP contribution in [0.1, 0.15) is 33.3 Å². The second kappa shape index (κ2) is 16.9. The van der Waals surface area contributed by atoms with Crippen molar-refractivity contribution in [1.29, 1.82) is 0 Å². The number of nitrogens with one attached hydrogen (secondary N) is 2. The van der Waals surface area contributed by atoms with Gasteiger partial charge in [0.2, 0.25) is 17.7 Å². The number of hydrogen-bond acceptors (Lipinski definition) is 10. The fraction of sp³-hybridized carbons (Fsp3) is 0.600. The molecule has 0 bridgehead atoms. The lowest BCUT2D eigenvalue weighted by Gasteiger charge is -2.38. The minimum Gasteiger partial charge on any atom is -0.369 e. The number of nitrogens with zero attached hydrogens (tertiary/aromatic N) is 4. The van der Waals surface area contributed by atoms with Crippen molar-refractivity contribution in [3.63, 3.8) is 0 Å². The molecule has 240 valence electrons. The lowest BCUT2D eigenvalue weighted by atomic mass is 10.0. The summed E-state index contributed by atoms with van der Waals surface area (Å²) < 4.78 is 0. The Kier molecular flexibility index (Phi) is 14.1. The molecule has 0 saturated carbocycles. The molecule has 1 saturated heterocycles. The largest absolute Gasteiger partial charge is 0.369 e.